The number of nitrogens with zero attached hydrogens (tertiary/aromatic N) is 3. The molecule has 9 atom stereocenters. The second kappa shape index (κ2) is 19.8. The van der Waals surface area contributed by atoms with E-state index in [-0.39, 0.29) is 29.7 Å². The average Bonchev–Trinajstić information content (AvgIpc) is 4.25. The molecule has 15 heteroatoms. The highest BCUT2D eigenvalue weighted by Crippen LogP contribution is 2.62. The highest BCUT2D eigenvalue weighted by atomic mass is 16.5. The maximum absolute atomic E-state index is 14.0. The molecular formula is C56H70N8O7. The summed E-state index contributed by atoms with van der Waals surface area (Å²) in [4.78, 5) is 73.8. The van der Waals surface area contributed by atoms with Crippen LogP contribution in [0.25, 0.3) is 33.5 Å². The van der Waals surface area contributed by atoms with Crippen molar-refractivity contribution in [2.24, 2.45) is 11.8 Å². The first kappa shape index (κ1) is 48.4. The summed E-state index contributed by atoms with van der Waals surface area (Å²) >= 11 is 0. The Labute approximate surface area is 417 Å². The molecule has 4 heterocycles. The Morgan fingerprint density at radius 3 is 1.90 bits per heavy atom. The number of likely N-dealkylation sites (tertiary alicyclic amines) is 2. The molecule has 4 amide bonds. The molecule has 376 valence electrons. The van der Waals surface area contributed by atoms with Gasteiger partial charge in [-0.3, -0.25) is 14.5 Å². The van der Waals surface area contributed by atoms with Gasteiger partial charge >= 0.3 is 12.2 Å². The normalized spacial score (nSPS) is 25.4. The zero-order valence-electron chi connectivity index (χ0n) is 42.2. The van der Waals surface area contributed by atoms with Gasteiger partial charge in [0.05, 0.1) is 49.8 Å². The van der Waals surface area contributed by atoms with Crippen molar-refractivity contribution in [2.45, 2.75) is 146 Å². The lowest BCUT2D eigenvalue weighted by atomic mass is 9.77. The number of hydrogen-bond donors (Lipinski definition) is 5. The van der Waals surface area contributed by atoms with E-state index in [1.165, 1.54) is 92.7 Å². The predicted octanol–water partition coefficient (Wildman–Crippen LogP) is 9.33. The lowest BCUT2D eigenvalue weighted by molar-refractivity contribution is -0.135. The van der Waals surface area contributed by atoms with Crippen molar-refractivity contribution in [1.82, 2.24) is 35.7 Å². The molecule has 7 aliphatic rings. The largest absolute Gasteiger partial charge is 0.453 e. The molecule has 4 fully saturated rings. The van der Waals surface area contributed by atoms with Gasteiger partial charge < -0.3 is 45.4 Å². The number of hydrogen-bond acceptors (Lipinski definition) is 10. The fraction of sp³-hybridized carbons (Fsp3) is 0.536. The van der Waals surface area contributed by atoms with Gasteiger partial charge in [-0.2, -0.15) is 0 Å². The number of carbonyl (C=O) groups is 5. The Morgan fingerprint density at radius 1 is 0.718 bits per heavy atom. The van der Waals surface area contributed by atoms with Crippen LogP contribution >= 0.6 is 0 Å². The number of H-pyrrole nitrogens is 1. The van der Waals surface area contributed by atoms with Gasteiger partial charge in [0.25, 0.3) is 5.91 Å². The number of aldehydes is 1. The van der Waals surface area contributed by atoms with Crippen LogP contribution in [0.3, 0.4) is 0 Å². The van der Waals surface area contributed by atoms with Crippen molar-refractivity contribution < 1.29 is 33.4 Å². The van der Waals surface area contributed by atoms with E-state index in [9.17, 15) is 24.0 Å². The van der Waals surface area contributed by atoms with Crippen LogP contribution in [0.2, 0.25) is 0 Å². The van der Waals surface area contributed by atoms with Gasteiger partial charge in [-0.05, 0) is 170 Å². The number of rotatable bonds is 11. The van der Waals surface area contributed by atoms with E-state index < -0.39 is 30.4 Å². The smallest absolute Gasteiger partial charge is 0.407 e. The number of methoxy groups -OCH3 is 2. The topological polar surface area (TPSA) is 187 Å². The molecule has 71 heavy (non-hydrogen) atoms. The third-order valence-electron chi connectivity index (χ3n) is 17.0. The molecule has 1 aromatic heterocycles. The van der Waals surface area contributed by atoms with Crippen LogP contribution in [0.1, 0.15) is 160 Å². The van der Waals surface area contributed by atoms with Gasteiger partial charge in [0, 0.05) is 17.8 Å². The van der Waals surface area contributed by atoms with Gasteiger partial charge in [-0.1, -0.05) is 58.0 Å². The summed E-state index contributed by atoms with van der Waals surface area (Å²) in [6, 6.07) is 14.8. The van der Waals surface area contributed by atoms with Crippen molar-refractivity contribution in [3.63, 3.8) is 0 Å². The quantitative estimate of drug-likeness (QED) is 0.0907. The molecule has 4 aromatic rings. The number of nitrogens with one attached hydrogen (secondary N) is 5. The van der Waals surface area contributed by atoms with E-state index in [1.807, 2.05) is 32.6 Å². The lowest BCUT2D eigenvalue weighted by Crippen LogP contribution is -2.60. The number of aromatic nitrogens is 2. The summed E-state index contributed by atoms with van der Waals surface area (Å²) in [6.07, 6.45) is 12.5. The van der Waals surface area contributed by atoms with Gasteiger partial charge in [0.15, 0.2) is 0 Å². The number of aromatic amines is 1. The number of fused-ring (bicyclic) bond motifs is 11. The molecule has 2 saturated carbocycles. The Balaban J connectivity index is 0.000000475. The third kappa shape index (κ3) is 8.86. The lowest BCUT2D eigenvalue weighted by Gasteiger charge is -2.38. The number of carbonyl (C=O) groups excluding carboxylic acids is 5. The fourth-order valence-corrected chi connectivity index (χ4v) is 13.4. The highest BCUT2D eigenvalue weighted by molar-refractivity contribution is 6.03. The molecule has 2 saturated heterocycles. The predicted molar refractivity (Wildman–Crippen MR) is 272 cm³/mol. The van der Waals surface area contributed by atoms with Gasteiger partial charge in [0.1, 0.15) is 24.3 Å². The Kier molecular flexibility index (Phi) is 13.5. The second-order valence-electron chi connectivity index (χ2n) is 21.7. The zero-order chi connectivity index (χ0) is 49.8. The molecule has 15 nitrogen and oxygen atoms in total. The zero-order valence-corrected chi connectivity index (χ0v) is 42.2. The van der Waals surface area contributed by atoms with Crippen molar-refractivity contribution in [3.8, 4) is 33.5 Å². The van der Waals surface area contributed by atoms with Crippen LogP contribution in [0.4, 0.5) is 15.3 Å². The van der Waals surface area contributed by atoms with Crippen molar-refractivity contribution in [3.05, 3.63) is 82.3 Å². The maximum atomic E-state index is 14.0. The summed E-state index contributed by atoms with van der Waals surface area (Å²) in [5.74, 6) is 3.08. The Morgan fingerprint density at radius 2 is 1.31 bits per heavy atom. The highest BCUT2D eigenvalue weighted by Gasteiger charge is 2.45. The van der Waals surface area contributed by atoms with Crippen LogP contribution in [0, 0.1) is 11.8 Å². The first-order valence-corrected chi connectivity index (χ1v) is 26.0. The minimum Gasteiger partial charge on any atom is -0.453 e. The first-order chi connectivity index (χ1) is 34.3. The molecule has 9 unspecified atom stereocenters. The summed E-state index contributed by atoms with van der Waals surface area (Å²) in [5.41, 5.74) is 15.3. The van der Waals surface area contributed by atoms with Gasteiger partial charge in [-0.15, -0.1) is 0 Å². The number of imidazole rings is 1. The fourth-order valence-electron chi connectivity index (χ4n) is 13.4. The van der Waals surface area contributed by atoms with Crippen molar-refractivity contribution >= 4 is 36.0 Å². The summed E-state index contributed by atoms with van der Waals surface area (Å²) in [7, 11) is 4.77. The van der Waals surface area contributed by atoms with Crippen LogP contribution in [-0.4, -0.2) is 109 Å². The standard InChI is InChI=1S/C49H57N7O4.C7H13NO3/c1-25(2)44(53-49(59)60-4)48(58)56-20-6-8-39(56)46-51-36-18-13-26(23-35(36)47(57)54-46)31-14-15-32(41-28-10-9-27(21-28)40(31)41)33-16-17-34(43-30-12-11-29(22-30)42(33)43)37-24-50-45(52-37)38-7-5-19-55(38)3;1-5(2)6(4-9)8-7(10)11-3/h13-18,23-25,27-30,38-39,44,46,51H,5-12,19-22H2,1-4H3,(H,50,52)(H,53,59)(H,54,57);4-6H,1-3H3,(H,8,10). The monoisotopic (exact) mass is 967 g/mol. The van der Waals surface area contributed by atoms with E-state index >= 15 is 0 Å². The Hall–Kier alpha value is -6.22. The van der Waals surface area contributed by atoms with E-state index in [0.29, 0.717) is 48.1 Å². The van der Waals surface area contributed by atoms with Gasteiger partial charge in [0.2, 0.25) is 5.91 Å². The van der Waals surface area contributed by atoms with E-state index in [0.717, 1.165) is 42.9 Å². The molecule has 11 rings (SSSR count). The number of anilines is 1. The third-order valence-corrected chi connectivity index (χ3v) is 17.0. The molecule has 4 aliphatic carbocycles. The molecule has 0 spiro atoms. The van der Waals surface area contributed by atoms with Crippen LogP contribution in [-0.2, 0) is 19.1 Å². The minimum absolute atomic E-state index is 0.0894. The SMILES string of the molecule is COC(=O)NC(C(=O)N1CCCC1C1NC(=O)c2cc(-c3ccc(-c4ccc(-c5cnc(C6CCCN6C)[nH]5)c5c4C4CCC5C4)c4c3C3CCC4C3)ccc2N1)C(C)C.COC(=O)NC(C=O)C(C)C. The minimum atomic E-state index is -0.717. The second-order valence-corrected chi connectivity index (χ2v) is 21.7. The molecule has 5 N–H and O–H groups in total. The summed E-state index contributed by atoms with van der Waals surface area (Å²) in [5, 5.41) is 11.9. The number of amides is 4. The van der Waals surface area contributed by atoms with E-state index in [2.05, 4.69) is 91.6 Å². The molecular weight excluding hydrogens is 897 g/mol. The van der Waals surface area contributed by atoms with Crippen LogP contribution in [0.5, 0.6) is 0 Å². The molecule has 0 radical (unpaired) electrons. The molecule has 3 aromatic carbocycles. The van der Waals surface area contributed by atoms with Gasteiger partial charge in [-0.25, -0.2) is 14.6 Å². The van der Waals surface area contributed by atoms with Crippen molar-refractivity contribution in [1.29, 1.82) is 0 Å². The number of benzene rings is 3. The summed E-state index contributed by atoms with van der Waals surface area (Å²) in [6.45, 7) is 9.19. The molecule has 4 bridgehead atoms. The Bertz CT molecular complexity index is 2730. The average molecular weight is 967 g/mol. The van der Waals surface area contributed by atoms with Crippen molar-refractivity contribution in [2.75, 3.05) is 39.7 Å². The maximum Gasteiger partial charge on any atom is 0.407 e. The van der Waals surface area contributed by atoms with Crippen LogP contribution < -0.4 is 21.3 Å². The van der Waals surface area contributed by atoms with E-state index in [4.69, 9.17) is 9.72 Å². The number of alkyl carbamates (subject to hydrolysis) is 2. The first-order valence-electron chi connectivity index (χ1n) is 26.0. The van der Waals surface area contributed by atoms with Crippen LogP contribution in [0.15, 0.2) is 48.7 Å². The van der Waals surface area contributed by atoms with E-state index in [1.54, 1.807) is 16.7 Å². The molecule has 3 aliphatic heterocycles. The summed E-state index contributed by atoms with van der Waals surface area (Å²) < 4.78 is 9.13. The number of ether oxygens (including phenoxy) is 2.